The van der Waals surface area contributed by atoms with Crippen LogP contribution in [0.15, 0.2) is 30.3 Å². The molecule has 0 saturated heterocycles. The third kappa shape index (κ3) is 6.50. The zero-order chi connectivity index (χ0) is 18.1. The molecule has 1 fully saturated rings. The molecule has 1 saturated carbocycles. The van der Waals surface area contributed by atoms with Crippen molar-refractivity contribution in [2.24, 2.45) is 5.92 Å². The van der Waals surface area contributed by atoms with E-state index < -0.39 is 18.0 Å². The molecule has 5 nitrogen and oxygen atoms in total. The highest BCUT2D eigenvalue weighted by Crippen LogP contribution is 2.22. The zero-order valence-corrected chi connectivity index (χ0v) is 14.9. The van der Waals surface area contributed by atoms with E-state index in [1.54, 1.807) is 0 Å². The summed E-state index contributed by atoms with van der Waals surface area (Å²) in [6.45, 7) is 2.04. The van der Waals surface area contributed by atoms with E-state index in [1.807, 2.05) is 37.3 Å². The fraction of sp³-hybridized carbons (Fsp3) is 0.600. The smallest absolute Gasteiger partial charge is 0.308 e. The third-order valence-corrected chi connectivity index (χ3v) is 4.77. The van der Waals surface area contributed by atoms with E-state index in [9.17, 15) is 14.7 Å². The van der Waals surface area contributed by atoms with Crippen LogP contribution < -0.4 is 5.32 Å². The summed E-state index contributed by atoms with van der Waals surface area (Å²) >= 11 is 0. The Bertz CT molecular complexity index is 540. The molecule has 0 spiro atoms. The standard InChI is InChI=1S/C20H29NO4/c1-2-18(25-17-11-7-4-8-12-17)19(22)21-14-16(20(23)24)13-15-9-5-3-6-10-15/h3,5-6,9-10,16-18H,2,4,7-8,11-14H2,1H3,(H,21,22)(H,23,24). The molecule has 1 aliphatic rings. The lowest BCUT2D eigenvalue weighted by Gasteiger charge is -2.26. The molecule has 0 heterocycles. The van der Waals surface area contributed by atoms with Crippen LogP contribution in [-0.4, -0.2) is 35.7 Å². The summed E-state index contributed by atoms with van der Waals surface area (Å²) in [6, 6.07) is 9.48. The largest absolute Gasteiger partial charge is 0.481 e. The fourth-order valence-electron chi connectivity index (χ4n) is 3.26. The minimum atomic E-state index is -0.898. The van der Waals surface area contributed by atoms with E-state index in [-0.39, 0.29) is 18.6 Å². The van der Waals surface area contributed by atoms with Crippen LogP contribution in [0.1, 0.15) is 51.0 Å². The quantitative estimate of drug-likeness (QED) is 0.719. The Morgan fingerprint density at radius 2 is 1.88 bits per heavy atom. The topological polar surface area (TPSA) is 75.6 Å². The maximum Gasteiger partial charge on any atom is 0.308 e. The van der Waals surface area contributed by atoms with E-state index in [1.165, 1.54) is 6.42 Å². The van der Waals surface area contributed by atoms with Crippen LogP contribution in [0.5, 0.6) is 0 Å². The second kappa shape index (κ2) is 10.2. The van der Waals surface area contributed by atoms with Gasteiger partial charge in [0.25, 0.3) is 0 Å². The van der Waals surface area contributed by atoms with Crippen molar-refractivity contribution in [3.63, 3.8) is 0 Å². The second-order valence-corrected chi connectivity index (χ2v) is 6.76. The van der Waals surface area contributed by atoms with Gasteiger partial charge in [0, 0.05) is 6.54 Å². The number of carboxylic acids is 1. The van der Waals surface area contributed by atoms with E-state index in [4.69, 9.17) is 4.74 Å². The average molecular weight is 347 g/mol. The van der Waals surface area contributed by atoms with Crippen LogP contribution >= 0.6 is 0 Å². The van der Waals surface area contributed by atoms with Crippen LogP contribution in [0.2, 0.25) is 0 Å². The van der Waals surface area contributed by atoms with Crippen LogP contribution in [0.3, 0.4) is 0 Å². The van der Waals surface area contributed by atoms with Crippen molar-refractivity contribution in [3.05, 3.63) is 35.9 Å². The summed E-state index contributed by atoms with van der Waals surface area (Å²) in [5.74, 6) is -1.74. The highest BCUT2D eigenvalue weighted by Gasteiger charge is 2.25. The van der Waals surface area contributed by atoms with Crippen molar-refractivity contribution in [1.29, 1.82) is 0 Å². The molecule has 2 unspecified atom stereocenters. The summed E-state index contributed by atoms with van der Waals surface area (Å²) < 4.78 is 5.95. The van der Waals surface area contributed by atoms with Crippen molar-refractivity contribution in [3.8, 4) is 0 Å². The van der Waals surface area contributed by atoms with Gasteiger partial charge in [-0.3, -0.25) is 9.59 Å². The van der Waals surface area contributed by atoms with E-state index in [2.05, 4.69) is 5.32 Å². The van der Waals surface area contributed by atoms with Gasteiger partial charge in [0.15, 0.2) is 0 Å². The normalized spacial score (nSPS) is 17.6. The number of rotatable bonds is 9. The highest BCUT2D eigenvalue weighted by atomic mass is 16.5. The number of ether oxygens (including phenoxy) is 1. The van der Waals surface area contributed by atoms with Crippen LogP contribution in [0.4, 0.5) is 0 Å². The molecule has 0 aliphatic heterocycles. The molecule has 1 aromatic carbocycles. The predicted molar refractivity (Wildman–Crippen MR) is 96.3 cm³/mol. The van der Waals surface area contributed by atoms with Gasteiger partial charge < -0.3 is 15.2 Å². The monoisotopic (exact) mass is 347 g/mol. The Balaban J connectivity index is 1.84. The molecule has 0 radical (unpaired) electrons. The number of nitrogens with one attached hydrogen (secondary N) is 1. The minimum absolute atomic E-state index is 0.119. The molecule has 5 heteroatoms. The SMILES string of the molecule is CCC(OC1CCCCC1)C(=O)NCC(Cc1ccccc1)C(=O)O. The molecule has 2 N–H and O–H groups in total. The minimum Gasteiger partial charge on any atom is -0.481 e. The summed E-state index contributed by atoms with van der Waals surface area (Å²) in [5, 5.41) is 12.2. The van der Waals surface area contributed by atoms with Crippen molar-refractivity contribution < 1.29 is 19.4 Å². The lowest BCUT2D eigenvalue weighted by Crippen LogP contribution is -2.42. The Labute approximate surface area is 149 Å². The first kappa shape index (κ1) is 19.4. The Morgan fingerprint density at radius 3 is 2.48 bits per heavy atom. The number of amides is 1. The highest BCUT2D eigenvalue weighted by molar-refractivity contribution is 5.81. The van der Waals surface area contributed by atoms with Gasteiger partial charge in [-0.1, -0.05) is 56.5 Å². The number of aliphatic carboxylic acids is 1. The lowest BCUT2D eigenvalue weighted by molar-refractivity contribution is -0.143. The third-order valence-electron chi connectivity index (χ3n) is 4.77. The first-order valence-corrected chi connectivity index (χ1v) is 9.30. The van der Waals surface area contributed by atoms with Crippen LogP contribution in [0, 0.1) is 5.92 Å². The van der Waals surface area contributed by atoms with E-state index in [0.29, 0.717) is 12.8 Å². The van der Waals surface area contributed by atoms with Crippen molar-refractivity contribution in [2.45, 2.75) is 64.1 Å². The van der Waals surface area contributed by atoms with Crippen molar-refractivity contribution >= 4 is 11.9 Å². The van der Waals surface area contributed by atoms with Gasteiger partial charge in [0.05, 0.1) is 12.0 Å². The number of carboxylic acid groups (broad SMARTS) is 1. The molecule has 1 aromatic rings. The van der Waals surface area contributed by atoms with E-state index >= 15 is 0 Å². The lowest BCUT2D eigenvalue weighted by atomic mass is 9.97. The van der Waals surface area contributed by atoms with Gasteiger partial charge in [-0.2, -0.15) is 0 Å². The molecule has 25 heavy (non-hydrogen) atoms. The number of carbonyl (C=O) groups excluding carboxylic acids is 1. The van der Waals surface area contributed by atoms with Gasteiger partial charge >= 0.3 is 5.97 Å². The number of benzene rings is 1. The number of carbonyl (C=O) groups is 2. The Morgan fingerprint density at radius 1 is 1.20 bits per heavy atom. The maximum atomic E-state index is 12.4. The molecule has 2 atom stereocenters. The fourth-order valence-corrected chi connectivity index (χ4v) is 3.26. The number of hydrogen-bond donors (Lipinski definition) is 2. The summed E-state index contributed by atoms with van der Waals surface area (Å²) in [7, 11) is 0. The molecular formula is C20H29NO4. The second-order valence-electron chi connectivity index (χ2n) is 6.76. The van der Waals surface area contributed by atoms with Crippen LogP contribution in [0.25, 0.3) is 0 Å². The Kier molecular flexibility index (Phi) is 7.92. The molecular weight excluding hydrogens is 318 g/mol. The average Bonchev–Trinajstić information content (AvgIpc) is 2.64. The number of hydrogen-bond acceptors (Lipinski definition) is 3. The molecule has 2 rings (SSSR count). The van der Waals surface area contributed by atoms with Gasteiger partial charge in [-0.15, -0.1) is 0 Å². The van der Waals surface area contributed by atoms with Crippen molar-refractivity contribution in [2.75, 3.05) is 6.54 Å². The first-order chi connectivity index (χ1) is 12.1. The van der Waals surface area contributed by atoms with Crippen LogP contribution in [-0.2, 0) is 20.7 Å². The van der Waals surface area contributed by atoms with Gasteiger partial charge in [0.2, 0.25) is 5.91 Å². The molecule has 0 bridgehead atoms. The van der Waals surface area contributed by atoms with Gasteiger partial charge in [-0.25, -0.2) is 0 Å². The maximum absolute atomic E-state index is 12.4. The summed E-state index contributed by atoms with van der Waals surface area (Å²) in [6.07, 6.45) is 6.23. The van der Waals surface area contributed by atoms with Gasteiger partial charge in [0.1, 0.15) is 6.10 Å². The van der Waals surface area contributed by atoms with E-state index in [0.717, 1.165) is 31.2 Å². The summed E-state index contributed by atoms with van der Waals surface area (Å²) in [4.78, 5) is 23.9. The van der Waals surface area contributed by atoms with Gasteiger partial charge in [-0.05, 0) is 31.2 Å². The molecule has 138 valence electrons. The molecule has 1 amide bonds. The first-order valence-electron chi connectivity index (χ1n) is 9.30. The summed E-state index contributed by atoms with van der Waals surface area (Å²) in [5.41, 5.74) is 0.953. The Hall–Kier alpha value is -1.88. The molecule has 0 aromatic heterocycles. The molecule has 1 aliphatic carbocycles. The zero-order valence-electron chi connectivity index (χ0n) is 14.9. The predicted octanol–water partition coefficient (Wildman–Crippen LogP) is 3.17. The van der Waals surface area contributed by atoms with Crippen molar-refractivity contribution in [1.82, 2.24) is 5.32 Å².